The molecule has 0 saturated carbocycles. The summed E-state index contributed by atoms with van der Waals surface area (Å²) in [4.78, 5) is 3.64. The van der Waals surface area contributed by atoms with E-state index in [4.69, 9.17) is 14.6 Å². The Hall–Kier alpha value is -2.85. The van der Waals surface area contributed by atoms with Gasteiger partial charge < -0.3 is 9.47 Å². The van der Waals surface area contributed by atoms with Gasteiger partial charge in [0, 0.05) is 17.6 Å². The first-order valence-corrected chi connectivity index (χ1v) is 8.99. The van der Waals surface area contributed by atoms with Crippen LogP contribution in [0.15, 0.2) is 53.6 Å². The molecule has 0 spiro atoms. The fraction of sp³-hybridized carbons (Fsp3) is 0.118. The van der Waals surface area contributed by atoms with E-state index in [1.54, 1.807) is 0 Å². The van der Waals surface area contributed by atoms with Crippen LogP contribution in [0.25, 0.3) is 10.9 Å². The maximum Gasteiger partial charge on any atom is 0.421 e. The van der Waals surface area contributed by atoms with Gasteiger partial charge in [0.05, 0.1) is 17.5 Å². The first-order chi connectivity index (χ1) is 12.6. The van der Waals surface area contributed by atoms with Crippen molar-refractivity contribution in [1.82, 2.24) is 4.98 Å². The zero-order valence-electron chi connectivity index (χ0n) is 13.8. The molecule has 0 radical (unpaired) electrons. The van der Waals surface area contributed by atoms with Crippen molar-refractivity contribution in [2.45, 2.75) is 11.1 Å². The number of primary sulfonamides is 1. The third-order valence-corrected chi connectivity index (χ3v) is 4.63. The van der Waals surface area contributed by atoms with Gasteiger partial charge in [-0.05, 0) is 36.4 Å². The topological polar surface area (TPSA) is 91.5 Å². The van der Waals surface area contributed by atoms with Crippen molar-refractivity contribution in [3.05, 3.63) is 54.2 Å². The Morgan fingerprint density at radius 2 is 1.67 bits per heavy atom. The van der Waals surface area contributed by atoms with Gasteiger partial charge in [-0.3, -0.25) is 4.98 Å². The van der Waals surface area contributed by atoms with Crippen molar-refractivity contribution in [1.29, 1.82) is 0 Å². The molecule has 2 aromatic carbocycles. The third kappa shape index (κ3) is 3.96. The second-order valence-corrected chi connectivity index (χ2v) is 7.06. The maximum absolute atomic E-state index is 13.4. The average molecular weight is 398 g/mol. The highest BCUT2D eigenvalue weighted by Crippen LogP contribution is 2.42. The van der Waals surface area contributed by atoms with E-state index < -0.39 is 27.5 Å². The molecule has 27 heavy (non-hydrogen) atoms. The van der Waals surface area contributed by atoms with Gasteiger partial charge in [0.2, 0.25) is 10.0 Å². The minimum atomic E-state index is -4.70. The highest BCUT2D eigenvalue weighted by molar-refractivity contribution is 7.89. The molecule has 0 amide bonds. The summed E-state index contributed by atoms with van der Waals surface area (Å²) in [7, 11) is -2.50. The zero-order valence-corrected chi connectivity index (χ0v) is 14.6. The highest BCUT2D eigenvalue weighted by atomic mass is 32.2. The summed E-state index contributed by atoms with van der Waals surface area (Å²) in [6.07, 6.45) is -4.02. The summed E-state index contributed by atoms with van der Waals surface area (Å²) in [6.45, 7) is 0. The summed E-state index contributed by atoms with van der Waals surface area (Å²) in [5.41, 5.74) is -0.811. The normalized spacial score (nSPS) is 12.2. The molecule has 0 aliphatic carbocycles. The summed E-state index contributed by atoms with van der Waals surface area (Å²) in [5, 5.41) is 5.13. The fourth-order valence-corrected chi connectivity index (χ4v) is 2.92. The Kier molecular flexibility index (Phi) is 4.70. The first kappa shape index (κ1) is 18.9. The van der Waals surface area contributed by atoms with Gasteiger partial charge in [-0.15, -0.1) is 0 Å². The Morgan fingerprint density at radius 3 is 2.22 bits per heavy atom. The molecule has 10 heteroatoms. The second-order valence-electron chi connectivity index (χ2n) is 5.50. The molecule has 3 aromatic rings. The van der Waals surface area contributed by atoms with E-state index in [9.17, 15) is 21.6 Å². The number of benzene rings is 2. The molecule has 0 unspecified atom stereocenters. The van der Waals surface area contributed by atoms with E-state index in [0.717, 1.165) is 12.1 Å². The van der Waals surface area contributed by atoms with Crippen molar-refractivity contribution >= 4 is 20.9 Å². The number of hydrogen-bond donors (Lipinski definition) is 1. The van der Waals surface area contributed by atoms with Gasteiger partial charge in [-0.1, -0.05) is 0 Å². The molecular weight excluding hydrogens is 385 g/mol. The molecule has 0 aliphatic heterocycles. The largest absolute Gasteiger partial charge is 0.497 e. The molecule has 0 bridgehead atoms. The lowest BCUT2D eigenvalue weighted by molar-refractivity contribution is -0.138. The standard InChI is InChI=1S/C17H13F3N2O4S/c1-25-11-4-7-13-15(8-11)22-9-14(17(18,19)20)16(13)26-10-2-5-12(6-3-10)27(21,23)24/h2-9H,1H3,(H2,21,23,24). The number of halogens is 3. The number of sulfonamides is 1. The van der Waals surface area contributed by atoms with Crippen LogP contribution < -0.4 is 14.6 Å². The lowest BCUT2D eigenvalue weighted by Crippen LogP contribution is -2.11. The van der Waals surface area contributed by atoms with E-state index in [1.165, 1.54) is 37.4 Å². The van der Waals surface area contributed by atoms with Crippen LogP contribution in [0.1, 0.15) is 5.56 Å². The van der Waals surface area contributed by atoms with Crippen molar-refractivity contribution in [2.75, 3.05) is 7.11 Å². The Balaban J connectivity index is 2.13. The lowest BCUT2D eigenvalue weighted by Gasteiger charge is -2.16. The predicted molar refractivity (Wildman–Crippen MR) is 91.2 cm³/mol. The summed E-state index contributed by atoms with van der Waals surface area (Å²) in [6, 6.07) is 9.10. The molecule has 0 atom stereocenters. The fourth-order valence-electron chi connectivity index (χ4n) is 2.40. The summed E-state index contributed by atoms with van der Waals surface area (Å²) >= 11 is 0. The molecule has 1 heterocycles. The molecule has 0 fully saturated rings. The number of fused-ring (bicyclic) bond motifs is 1. The van der Waals surface area contributed by atoms with E-state index >= 15 is 0 Å². The smallest absolute Gasteiger partial charge is 0.421 e. The maximum atomic E-state index is 13.4. The van der Waals surface area contributed by atoms with Gasteiger partial charge in [0.15, 0.2) is 5.75 Å². The Morgan fingerprint density at radius 1 is 1.04 bits per heavy atom. The number of nitrogens with zero attached hydrogens (tertiary/aromatic N) is 1. The van der Waals surface area contributed by atoms with Crippen molar-refractivity contribution in [3.63, 3.8) is 0 Å². The number of pyridine rings is 1. The minimum Gasteiger partial charge on any atom is -0.497 e. The summed E-state index contributed by atoms with van der Waals surface area (Å²) in [5.74, 6) is -0.00654. The SMILES string of the molecule is COc1ccc2c(Oc3ccc(S(N)(=O)=O)cc3)c(C(F)(F)F)cnc2c1. The minimum absolute atomic E-state index is 0.0104. The highest BCUT2D eigenvalue weighted by Gasteiger charge is 2.36. The van der Waals surface area contributed by atoms with E-state index in [0.29, 0.717) is 11.9 Å². The van der Waals surface area contributed by atoms with Crippen molar-refractivity contribution in [3.8, 4) is 17.2 Å². The summed E-state index contributed by atoms with van der Waals surface area (Å²) < 4.78 is 73.3. The van der Waals surface area contributed by atoms with E-state index in [1.807, 2.05) is 0 Å². The van der Waals surface area contributed by atoms with Crippen molar-refractivity contribution in [2.24, 2.45) is 5.14 Å². The zero-order chi connectivity index (χ0) is 19.8. The van der Waals surface area contributed by atoms with Gasteiger partial charge >= 0.3 is 6.18 Å². The third-order valence-electron chi connectivity index (χ3n) is 3.70. The van der Waals surface area contributed by atoms with Crippen LogP contribution in [-0.2, 0) is 16.2 Å². The lowest BCUT2D eigenvalue weighted by atomic mass is 10.1. The number of aromatic nitrogens is 1. The van der Waals surface area contributed by atoms with Gasteiger partial charge in [0.25, 0.3) is 0 Å². The number of methoxy groups -OCH3 is 1. The van der Waals surface area contributed by atoms with Gasteiger partial charge in [-0.25, -0.2) is 13.6 Å². The van der Waals surface area contributed by atoms with E-state index in [2.05, 4.69) is 4.98 Å². The predicted octanol–water partition coefficient (Wildman–Crippen LogP) is 3.70. The van der Waals surface area contributed by atoms with Crippen LogP contribution in [0.3, 0.4) is 0 Å². The van der Waals surface area contributed by atoms with Gasteiger partial charge in [0.1, 0.15) is 17.1 Å². The van der Waals surface area contributed by atoms with E-state index in [-0.39, 0.29) is 21.5 Å². The monoisotopic (exact) mass is 398 g/mol. The number of ether oxygens (including phenoxy) is 2. The quantitative estimate of drug-likeness (QED) is 0.724. The van der Waals surface area contributed by atoms with Crippen LogP contribution in [0.5, 0.6) is 17.2 Å². The van der Waals surface area contributed by atoms with Crippen LogP contribution in [0, 0.1) is 0 Å². The first-order valence-electron chi connectivity index (χ1n) is 7.44. The molecule has 3 rings (SSSR count). The number of nitrogens with two attached hydrogens (primary N) is 1. The molecule has 0 saturated heterocycles. The molecule has 2 N–H and O–H groups in total. The van der Waals surface area contributed by atoms with Crippen LogP contribution in [0.4, 0.5) is 13.2 Å². The molecule has 6 nitrogen and oxygen atoms in total. The number of rotatable bonds is 4. The van der Waals surface area contributed by atoms with Crippen LogP contribution >= 0.6 is 0 Å². The van der Waals surface area contributed by atoms with Crippen LogP contribution in [-0.4, -0.2) is 20.5 Å². The Labute approximate surface area is 152 Å². The van der Waals surface area contributed by atoms with Crippen molar-refractivity contribution < 1.29 is 31.1 Å². The second kappa shape index (κ2) is 6.71. The number of alkyl halides is 3. The molecule has 1 aromatic heterocycles. The Bertz CT molecular complexity index is 1100. The molecule has 0 aliphatic rings. The molecule has 142 valence electrons. The number of hydrogen-bond acceptors (Lipinski definition) is 5. The van der Waals surface area contributed by atoms with Gasteiger partial charge in [-0.2, -0.15) is 13.2 Å². The van der Waals surface area contributed by atoms with Crippen LogP contribution in [0.2, 0.25) is 0 Å². The average Bonchev–Trinajstić information content (AvgIpc) is 2.60. The molecular formula is C17H13F3N2O4S.